The molecule has 0 saturated carbocycles. The highest BCUT2D eigenvalue weighted by atomic mass is 16.3. The van der Waals surface area contributed by atoms with Crippen molar-refractivity contribution in [3.63, 3.8) is 0 Å². The van der Waals surface area contributed by atoms with Crippen LogP contribution in [0.4, 0.5) is 0 Å². The molecule has 3 N–H and O–H groups in total. The Morgan fingerprint density at radius 2 is 1.56 bits per heavy atom. The highest BCUT2D eigenvalue weighted by Gasteiger charge is 2.26. The van der Waals surface area contributed by atoms with Crippen molar-refractivity contribution in [3.8, 4) is 0 Å². The van der Waals surface area contributed by atoms with Crippen molar-refractivity contribution in [1.82, 2.24) is 0 Å². The third-order valence-corrected chi connectivity index (χ3v) is 3.69. The summed E-state index contributed by atoms with van der Waals surface area (Å²) in [5.41, 5.74) is 6.01. The number of hydrogen-bond donors (Lipinski definition) is 2. The first-order valence-corrected chi connectivity index (χ1v) is 6.56. The van der Waals surface area contributed by atoms with Crippen molar-refractivity contribution < 1.29 is 5.11 Å². The van der Waals surface area contributed by atoms with Gasteiger partial charge in [0.15, 0.2) is 0 Å². The van der Waals surface area contributed by atoms with E-state index in [4.69, 9.17) is 5.73 Å². The molecule has 0 aromatic heterocycles. The molecule has 3 unspecified atom stereocenters. The Morgan fingerprint density at radius 3 is 1.88 bits per heavy atom. The van der Waals surface area contributed by atoms with Crippen LogP contribution in [-0.4, -0.2) is 17.8 Å². The molecule has 2 nitrogen and oxygen atoms in total. The van der Waals surface area contributed by atoms with E-state index in [9.17, 15) is 5.11 Å². The van der Waals surface area contributed by atoms with E-state index in [-0.39, 0.29) is 17.4 Å². The first-order chi connectivity index (χ1) is 7.18. The molecular formula is C14H31NO. The van der Waals surface area contributed by atoms with Crippen LogP contribution in [0.2, 0.25) is 0 Å². The molecule has 0 aliphatic heterocycles. The molecule has 0 amide bonds. The zero-order valence-electron chi connectivity index (χ0n) is 12.0. The zero-order chi connectivity index (χ0) is 12.9. The molecule has 0 aliphatic rings. The Labute approximate surface area is 102 Å². The second kappa shape index (κ2) is 6.61. The second-order valence-electron chi connectivity index (χ2n) is 6.70. The van der Waals surface area contributed by atoms with E-state index in [1.807, 2.05) is 0 Å². The average Bonchev–Trinajstić information content (AvgIpc) is 2.11. The van der Waals surface area contributed by atoms with Crippen LogP contribution in [0.25, 0.3) is 0 Å². The fourth-order valence-corrected chi connectivity index (χ4v) is 1.92. The minimum atomic E-state index is -0.248. The van der Waals surface area contributed by atoms with Crippen molar-refractivity contribution >= 4 is 0 Å². The largest absolute Gasteiger partial charge is 0.393 e. The fourth-order valence-electron chi connectivity index (χ4n) is 1.92. The lowest BCUT2D eigenvalue weighted by atomic mass is 9.76. The molecule has 0 spiro atoms. The maximum absolute atomic E-state index is 10.2. The summed E-state index contributed by atoms with van der Waals surface area (Å²) >= 11 is 0. The predicted molar refractivity (Wildman–Crippen MR) is 71.2 cm³/mol. The summed E-state index contributed by atoms with van der Waals surface area (Å²) in [5, 5.41) is 10.2. The van der Waals surface area contributed by atoms with Gasteiger partial charge in [-0.25, -0.2) is 0 Å². The van der Waals surface area contributed by atoms with Crippen LogP contribution < -0.4 is 5.73 Å². The van der Waals surface area contributed by atoms with E-state index in [2.05, 4.69) is 41.5 Å². The normalized spacial score (nSPS) is 18.6. The number of hydrogen-bond acceptors (Lipinski definition) is 2. The van der Waals surface area contributed by atoms with Crippen molar-refractivity contribution in [2.75, 3.05) is 6.54 Å². The lowest BCUT2D eigenvalue weighted by Crippen LogP contribution is -2.33. The van der Waals surface area contributed by atoms with Crippen molar-refractivity contribution in [2.24, 2.45) is 28.9 Å². The van der Waals surface area contributed by atoms with Gasteiger partial charge in [0, 0.05) is 0 Å². The maximum atomic E-state index is 10.2. The van der Waals surface area contributed by atoms with E-state index < -0.39 is 0 Å². The molecule has 0 fully saturated rings. The van der Waals surface area contributed by atoms with Crippen LogP contribution in [0.1, 0.15) is 54.4 Å². The van der Waals surface area contributed by atoms with E-state index in [1.54, 1.807) is 0 Å². The molecule has 2 heteroatoms. The van der Waals surface area contributed by atoms with Crippen molar-refractivity contribution in [2.45, 2.75) is 60.5 Å². The van der Waals surface area contributed by atoms with Crippen LogP contribution >= 0.6 is 0 Å². The Hall–Kier alpha value is -0.0800. The van der Waals surface area contributed by atoms with Crippen LogP contribution in [0.15, 0.2) is 0 Å². The third kappa shape index (κ3) is 5.86. The van der Waals surface area contributed by atoms with Crippen LogP contribution in [0.3, 0.4) is 0 Å². The molecule has 0 radical (unpaired) electrons. The van der Waals surface area contributed by atoms with Crippen LogP contribution in [0.5, 0.6) is 0 Å². The van der Waals surface area contributed by atoms with E-state index >= 15 is 0 Å². The van der Waals surface area contributed by atoms with Gasteiger partial charge in [0.2, 0.25) is 0 Å². The summed E-state index contributed by atoms with van der Waals surface area (Å²) in [6.07, 6.45) is 1.63. The first kappa shape index (κ1) is 15.9. The molecule has 0 bridgehead atoms. The number of nitrogens with two attached hydrogens (primary N) is 1. The fraction of sp³-hybridized carbons (Fsp3) is 1.00. The summed E-state index contributed by atoms with van der Waals surface area (Å²) in [6, 6.07) is 0. The molecule has 0 aliphatic carbocycles. The quantitative estimate of drug-likeness (QED) is 0.735. The molecule has 0 aromatic rings. The Kier molecular flexibility index (Phi) is 6.57. The zero-order valence-corrected chi connectivity index (χ0v) is 12.0. The molecule has 98 valence electrons. The Morgan fingerprint density at radius 1 is 1.06 bits per heavy atom. The van der Waals surface area contributed by atoms with Gasteiger partial charge in [0.1, 0.15) is 0 Å². The van der Waals surface area contributed by atoms with E-state index in [1.165, 1.54) is 0 Å². The number of rotatable bonds is 6. The molecular weight excluding hydrogens is 198 g/mol. The average molecular weight is 229 g/mol. The van der Waals surface area contributed by atoms with Gasteiger partial charge >= 0.3 is 0 Å². The van der Waals surface area contributed by atoms with Crippen LogP contribution in [-0.2, 0) is 0 Å². The first-order valence-electron chi connectivity index (χ1n) is 6.56. The molecule has 0 aromatic carbocycles. The SMILES string of the molecule is CC(C)CC(CN)C(O)CC(C)C(C)(C)C. The lowest BCUT2D eigenvalue weighted by molar-refractivity contribution is 0.0562. The van der Waals surface area contributed by atoms with Gasteiger partial charge in [-0.1, -0.05) is 41.5 Å². The standard InChI is InChI=1S/C14H31NO/c1-10(2)7-12(9-15)13(16)8-11(3)14(4,5)6/h10-13,16H,7-9,15H2,1-6H3. The summed E-state index contributed by atoms with van der Waals surface area (Å²) in [5.74, 6) is 1.38. The molecule has 3 atom stereocenters. The molecule has 0 saturated heterocycles. The van der Waals surface area contributed by atoms with E-state index in [0.29, 0.717) is 18.4 Å². The van der Waals surface area contributed by atoms with Gasteiger partial charge in [-0.05, 0) is 42.6 Å². The highest BCUT2D eigenvalue weighted by molar-refractivity contribution is 4.78. The topological polar surface area (TPSA) is 46.2 Å². The summed E-state index contributed by atoms with van der Waals surface area (Å²) in [6.45, 7) is 13.9. The molecule has 0 rings (SSSR count). The Balaban J connectivity index is 4.25. The minimum Gasteiger partial charge on any atom is -0.393 e. The van der Waals surface area contributed by atoms with Gasteiger partial charge in [0.05, 0.1) is 6.10 Å². The van der Waals surface area contributed by atoms with Gasteiger partial charge in [0.25, 0.3) is 0 Å². The maximum Gasteiger partial charge on any atom is 0.0583 e. The highest BCUT2D eigenvalue weighted by Crippen LogP contribution is 2.31. The summed E-state index contributed by atoms with van der Waals surface area (Å²) in [4.78, 5) is 0. The Bertz CT molecular complexity index is 184. The third-order valence-electron chi connectivity index (χ3n) is 3.69. The summed E-state index contributed by atoms with van der Waals surface area (Å²) in [7, 11) is 0. The summed E-state index contributed by atoms with van der Waals surface area (Å²) < 4.78 is 0. The monoisotopic (exact) mass is 229 g/mol. The number of aliphatic hydroxyl groups excluding tert-OH is 1. The van der Waals surface area contributed by atoms with Gasteiger partial charge < -0.3 is 10.8 Å². The predicted octanol–water partition coefficient (Wildman–Crippen LogP) is 3.04. The van der Waals surface area contributed by atoms with Crippen molar-refractivity contribution in [3.05, 3.63) is 0 Å². The molecule has 0 heterocycles. The molecule has 16 heavy (non-hydrogen) atoms. The van der Waals surface area contributed by atoms with Crippen LogP contribution in [0, 0.1) is 23.2 Å². The number of aliphatic hydroxyl groups is 1. The smallest absolute Gasteiger partial charge is 0.0583 e. The second-order valence-corrected chi connectivity index (χ2v) is 6.70. The van der Waals surface area contributed by atoms with Gasteiger partial charge in [-0.15, -0.1) is 0 Å². The van der Waals surface area contributed by atoms with Gasteiger partial charge in [-0.3, -0.25) is 0 Å². The van der Waals surface area contributed by atoms with E-state index in [0.717, 1.165) is 12.8 Å². The minimum absolute atomic E-state index is 0.248. The van der Waals surface area contributed by atoms with Gasteiger partial charge in [-0.2, -0.15) is 0 Å². The lowest BCUT2D eigenvalue weighted by Gasteiger charge is -2.32. The van der Waals surface area contributed by atoms with Crippen molar-refractivity contribution in [1.29, 1.82) is 0 Å².